The lowest BCUT2D eigenvalue weighted by Crippen LogP contribution is -2.20. The number of nitrogens with one attached hydrogen (secondary N) is 2. The number of nitriles is 1. The van der Waals surface area contributed by atoms with Gasteiger partial charge in [0.2, 0.25) is 0 Å². The van der Waals surface area contributed by atoms with E-state index in [-0.39, 0.29) is 22.7 Å². The first-order chi connectivity index (χ1) is 16.7. The van der Waals surface area contributed by atoms with Crippen molar-refractivity contribution in [1.29, 1.82) is 5.26 Å². The van der Waals surface area contributed by atoms with E-state index in [1.54, 1.807) is 24.3 Å². The predicted molar refractivity (Wildman–Crippen MR) is 121 cm³/mol. The number of nitrogens with zero attached hydrogens (tertiary/aromatic N) is 1. The summed E-state index contributed by atoms with van der Waals surface area (Å²) in [5, 5.41) is 14.0. The number of halogens is 4. The third-order valence-electron chi connectivity index (χ3n) is 4.50. The van der Waals surface area contributed by atoms with Crippen LogP contribution >= 0.6 is 0 Å². The minimum Gasteiger partial charge on any atom is -0.484 e. The lowest BCUT2D eigenvalue weighted by Gasteiger charge is -2.10. The summed E-state index contributed by atoms with van der Waals surface area (Å²) >= 11 is 0. The SMILES string of the molecule is N#CC(=Cc1cccc(OCC(=O)Nc2ccccc2F)c1)C(=O)Nc1cccc(C(F)(F)F)c1. The van der Waals surface area contributed by atoms with Crippen LogP contribution in [0.1, 0.15) is 11.1 Å². The standard InChI is InChI=1S/C25H17F4N3O3/c26-21-9-1-2-10-22(21)32-23(33)15-35-20-8-3-5-16(12-20)11-17(14-30)24(34)31-19-7-4-6-18(13-19)25(27,28)29/h1-13H,15H2,(H,31,34)(H,32,33). The Labute approximate surface area is 197 Å². The Bertz CT molecular complexity index is 1310. The minimum atomic E-state index is -4.58. The van der Waals surface area contributed by atoms with Gasteiger partial charge in [0, 0.05) is 5.69 Å². The van der Waals surface area contributed by atoms with Gasteiger partial charge in [0.1, 0.15) is 23.2 Å². The second-order valence-electron chi connectivity index (χ2n) is 7.09. The summed E-state index contributed by atoms with van der Waals surface area (Å²) in [7, 11) is 0. The van der Waals surface area contributed by atoms with E-state index in [1.807, 2.05) is 0 Å². The largest absolute Gasteiger partial charge is 0.484 e. The van der Waals surface area contributed by atoms with Gasteiger partial charge in [-0.05, 0) is 54.1 Å². The van der Waals surface area contributed by atoms with E-state index < -0.39 is 36.0 Å². The summed E-state index contributed by atoms with van der Waals surface area (Å²) < 4.78 is 57.6. The molecule has 0 spiro atoms. The van der Waals surface area contributed by atoms with Crippen molar-refractivity contribution in [2.75, 3.05) is 17.2 Å². The number of hydrogen-bond acceptors (Lipinski definition) is 4. The number of para-hydroxylation sites is 1. The maximum atomic E-state index is 13.6. The Morgan fingerprint density at radius 3 is 2.43 bits per heavy atom. The van der Waals surface area contributed by atoms with Crippen LogP contribution in [0.5, 0.6) is 5.75 Å². The van der Waals surface area contributed by atoms with Crippen LogP contribution in [-0.4, -0.2) is 18.4 Å². The highest BCUT2D eigenvalue weighted by molar-refractivity contribution is 6.09. The molecule has 0 aliphatic carbocycles. The molecule has 0 aromatic heterocycles. The van der Waals surface area contributed by atoms with Gasteiger partial charge in [-0.3, -0.25) is 9.59 Å². The van der Waals surface area contributed by atoms with E-state index in [4.69, 9.17) is 4.74 Å². The lowest BCUT2D eigenvalue weighted by molar-refractivity contribution is -0.137. The zero-order valence-corrected chi connectivity index (χ0v) is 17.9. The van der Waals surface area contributed by atoms with Crippen molar-refractivity contribution in [3.05, 3.63) is 95.3 Å². The second kappa shape index (κ2) is 11.0. The Morgan fingerprint density at radius 2 is 1.71 bits per heavy atom. The van der Waals surface area contributed by atoms with Crippen LogP contribution in [0.2, 0.25) is 0 Å². The molecule has 0 unspecified atom stereocenters. The molecule has 0 fully saturated rings. The third-order valence-corrected chi connectivity index (χ3v) is 4.50. The summed E-state index contributed by atoms with van der Waals surface area (Å²) in [4.78, 5) is 24.4. The molecular weight excluding hydrogens is 466 g/mol. The molecule has 0 heterocycles. The zero-order chi connectivity index (χ0) is 25.4. The quantitative estimate of drug-likeness (QED) is 0.267. The number of rotatable bonds is 7. The van der Waals surface area contributed by atoms with E-state index in [0.717, 1.165) is 18.2 Å². The molecule has 10 heteroatoms. The van der Waals surface area contributed by atoms with Gasteiger partial charge >= 0.3 is 6.18 Å². The molecule has 0 bridgehead atoms. The lowest BCUT2D eigenvalue weighted by atomic mass is 10.1. The number of ether oxygens (including phenoxy) is 1. The molecule has 178 valence electrons. The first kappa shape index (κ1) is 25.0. The fraction of sp³-hybridized carbons (Fsp3) is 0.0800. The summed E-state index contributed by atoms with van der Waals surface area (Å²) in [5.41, 5.74) is -1.06. The van der Waals surface area contributed by atoms with Crippen molar-refractivity contribution >= 4 is 29.3 Å². The maximum absolute atomic E-state index is 13.6. The second-order valence-corrected chi connectivity index (χ2v) is 7.09. The van der Waals surface area contributed by atoms with Crippen LogP contribution in [0.3, 0.4) is 0 Å². The summed E-state index contributed by atoms with van der Waals surface area (Å²) in [6.07, 6.45) is -3.36. The highest BCUT2D eigenvalue weighted by atomic mass is 19.4. The molecule has 0 radical (unpaired) electrons. The minimum absolute atomic E-state index is 0.00299. The van der Waals surface area contributed by atoms with Crippen molar-refractivity contribution in [2.45, 2.75) is 6.18 Å². The summed E-state index contributed by atoms with van der Waals surface area (Å²) in [6, 6.07) is 17.4. The van der Waals surface area contributed by atoms with Crippen molar-refractivity contribution in [2.24, 2.45) is 0 Å². The van der Waals surface area contributed by atoms with Crippen molar-refractivity contribution in [3.8, 4) is 11.8 Å². The number of anilines is 2. The van der Waals surface area contributed by atoms with Gasteiger partial charge < -0.3 is 15.4 Å². The van der Waals surface area contributed by atoms with Crippen LogP contribution in [0.15, 0.2) is 78.4 Å². The maximum Gasteiger partial charge on any atom is 0.416 e. The van der Waals surface area contributed by atoms with Crippen molar-refractivity contribution in [1.82, 2.24) is 0 Å². The monoisotopic (exact) mass is 483 g/mol. The molecule has 2 N–H and O–H groups in total. The number of carbonyl (C=O) groups is 2. The van der Waals surface area contributed by atoms with E-state index in [9.17, 15) is 32.4 Å². The molecule has 0 saturated carbocycles. The first-order valence-electron chi connectivity index (χ1n) is 10.0. The Balaban J connectivity index is 1.66. The van der Waals surface area contributed by atoms with Crippen LogP contribution in [0.25, 0.3) is 6.08 Å². The molecule has 0 saturated heterocycles. The number of alkyl halides is 3. The van der Waals surface area contributed by atoms with E-state index in [1.165, 1.54) is 42.5 Å². The predicted octanol–water partition coefficient (Wildman–Crippen LogP) is 5.41. The third kappa shape index (κ3) is 7.17. The van der Waals surface area contributed by atoms with Crippen molar-refractivity contribution < 1.29 is 31.9 Å². The smallest absolute Gasteiger partial charge is 0.416 e. The molecule has 6 nitrogen and oxygen atoms in total. The van der Waals surface area contributed by atoms with Crippen LogP contribution in [0, 0.1) is 17.1 Å². The van der Waals surface area contributed by atoms with Gasteiger partial charge in [0.05, 0.1) is 11.3 Å². The topological polar surface area (TPSA) is 91.2 Å². The number of benzene rings is 3. The fourth-order valence-electron chi connectivity index (χ4n) is 2.88. The average molecular weight is 483 g/mol. The number of carbonyl (C=O) groups excluding carboxylic acids is 2. The molecule has 3 aromatic rings. The number of amides is 2. The van der Waals surface area contributed by atoms with E-state index in [2.05, 4.69) is 10.6 Å². The molecule has 0 aliphatic heterocycles. The van der Waals surface area contributed by atoms with Gasteiger partial charge in [0.25, 0.3) is 11.8 Å². The molecule has 3 rings (SSSR count). The van der Waals surface area contributed by atoms with Gasteiger partial charge in [-0.1, -0.05) is 30.3 Å². The highest BCUT2D eigenvalue weighted by Crippen LogP contribution is 2.30. The Hall–Kier alpha value is -4.65. The average Bonchev–Trinajstić information content (AvgIpc) is 2.82. The van der Waals surface area contributed by atoms with Gasteiger partial charge in [-0.25, -0.2) is 4.39 Å². The van der Waals surface area contributed by atoms with Gasteiger partial charge in [-0.15, -0.1) is 0 Å². The van der Waals surface area contributed by atoms with E-state index >= 15 is 0 Å². The Kier molecular flexibility index (Phi) is 7.84. The first-order valence-corrected chi connectivity index (χ1v) is 10.0. The summed E-state index contributed by atoms with van der Waals surface area (Å²) in [5.74, 6) is -1.87. The zero-order valence-electron chi connectivity index (χ0n) is 17.9. The molecule has 0 atom stereocenters. The molecule has 0 aliphatic rings. The van der Waals surface area contributed by atoms with Crippen molar-refractivity contribution in [3.63, 3.8) is 0 Å². The van der Waals surface area contributed by atoms with Gasteiger partial charge in [-0.2, -0.15) is 18.4 Å². The van der Waals surface area contributed by atoms with E-state index in [0.29, 0.717) is 5.56 Å². The van der Waals surface area contributed by atoms with Crippen LogP contribution < -0.4 is 15.4 Å². The molecule has 2 amide bonds. The Morgan fingerprint density at radius 1 is 0.971 bits per heavy atom. The number of hydrogen-bond donors (Lipinski definition) is 2. The van der Waals surface area contributed by atoms with Gasteiger partial charge in [0.15, 0.2) is 6.61 Å². The fourth-order valence-corrected chi connectivity index (χ4v) is 2.88. The molecule has 3 aromatic carbocycles. The highest BCUT2D eigenvalue weighted by Gasteiger charge is 2.30. The van der Waals surface area contributed by atoms with Crippen LogP contribution in [-0.2, 0) is 15.8 Å². The molecule has 35 heavy (non-hydrogen) atoms. The van der Waals surface area contributed by atoms with Crippen LogP contribution in [0.4, 0.5) is 28.9 Å². The summed E-state index contributed by atoms with van der Waals surface area (Å²) in [6.45, 7) is -0.428. The molecular formula is C25H17F4N3O3. The normalized spacial score (nSPS) is 11.3.